The summed E-state index contributed by atoms with van der Waals surface area (Å²) in [6, 6.07) is 11.9. The fraction of sp³-hybridized carbons (Fsp3) is 0.200. The van der Waals surface area contributed by atoms with Gasteiger partial charge in [0.25, 0.3) is 0 Å². The summed E-state index contributed by atoms with van der Waals surface area (Å²) in [6.45, 7) is 1.81. The van der Waals surface area contributed by atoms with Gasteiger partial charge in [0.15, 0.2) is 0 Å². The molecule has 2 aromatic heterocycles. The fourth-order valence-corrected chi connectivity index (χ4v) is 3.02. The summed E-state index contributed by atoms with van der Waals surface area (Å²) >= 11 is 1.79. The number of hydrogen-bond donors (Lipinski definition) is 0. The number of nitriles is 1. The summed E-state index contributed by atoms with van der Waals surface area (Å²) < 4.78 is 0. The first-order valence-electron chi connectivity index (χ1n) is 6.22. The predicted molar refractivity (Wildman–Crippen MR) is 78.1 cm³/mol. The van der Waals surface area contributed by atoms with Crippen LogP contribution in [-0.2, 0) is 0 Å². The summed E-state index contributed by atoms with van der Waals surface area (Å²) in [4.78, 5) is 7.91. The van der Waals surface area contributed by atoms with Crippen LogP contribution in [0.3, 0.4) is 0 Å². The van der Waals surface area contributed by atoms with Crippen molar-refractivity contribution in [2.75, 3.05) is 18.0 Å². The van der Waals surface area contributed by atoms with Gasteiger partial charge in [-0.05, 0) is 35.6 Å². The smallest absolute Gasteiger partial charge is 0.142 e. The van der Waals surface area contributed by atoms with Crippen LogP contribution in [0.5, 0.6) is 0 Å². The zero-order valence-corrected chi connectivity index (χ0v) is 11.2. The van der Waals surface area contributed by atoms with Crippen LogP contribution in [0.2, 0.25) is 0 Å². The Morgan fingerprint density at radius 2 is 2.21 bits per heavy atom. The van der Waals surface area contributed by atoms with Crippen molar-refractivity contribution in [2.45, 2.75) is 6.42 Å². The van der Waals surface area contributed by atoms with Gasteiger partial charge in [0.05, 0.1) is 0 Å². The first-order chi connectivity index (χ1) is 9.36. The Hall–Kier alpha value is -2.12. The molecule has 0 atom stereocenters. The molecular weight excluding hydrogens is 254 g/mol. The lowest BCUT2D eigenvalue weighted by Gasteiger charge is -2.27. The maximum absolute atomic E-state index is 8.89. The van der Waals surface area contributed by atoms with Crippen LogP contribution in [0.1, 0.15) is 17.0 Å². The van der Waals surface area contributed by atoms with Crippen molar-refractivity contribution in [3.05, 3.63) is 52.4 Å². The molecule has 0 bridgehead atoms. The minimum atomic E-state index is 0.477. The number of pyridine rings is 1. The highest BCUT2D eigenvalue weighted by Gasteiger charge is 2.15. The maximum atomic E-state index is 8.89. The monoisotopic (exact) mass is 267 g/mol. The van der Waals surface area contributed by atoms with Gasteiger partial charge in [-0.25, -0.2) is 4.98 Å². The fourth-order valence-electron chi connectivity index (χ4n) is 2.22. The quantitative estimate of drug-likeness (QED) is 0.838. The molecule has 19 heavy (non-hydrogen) atoms. The van der Waals surface area contributed by atoms with Crippen molar-refractivity contribution in [3.8, 4) is 6.07 Å². The van der Waals surface area contributed by atoms with Crippen molar-refractivity contribution in [2.24, 2.45) is 0 Å². The zero-order valence-electron chi connectivity index (χ0n) is 10.4. The van der Waals surface area contributed by atoms with Crippen LogP contribution in [0, 0.1) is 11.3 Å². The molecule has 3 heterocycles. The van der Waals surface area contributed by atoms with Crippen molar-refractivity contribution >= 4 is 22.7 Å². The maximum Gasteiger partial charge on any atom is 0.142 e. The first-order valence-corrected chi connectivity index (χ1v) is 7.10. The number of aromatic nitrogens is 1. The lowest BCUT2D eigenvalue weighted by atomic mass is 10.1. The van der Waals surface area contributed by atoms with Crippen molar-refractivity contribution in [3.63, 3.8) is 0 Å². The highest BCUT2D eigenvalue weighted by atomic mass is 32.1. The second kappa shape index (κ2) is 5.25. The van der Waals surface area contributed by atoms with Gasteiger partial charge in [0, 0.05) is 18.0 Å². The van der Waals surface area contributed by atoms with Crippen LogP contribution < -0.4 is 4.90 Å². The largest absolute Gasteiger partial charge is 0.353 e. The zero-order chi connectivity index (χ0) is 13.1. The third-order valence-corrected chi connectivity index (χ3v) is 4.17. The molecule has 0 N–H and O–H groups in total. The van der Waals surface area contributed by atoms with E-state index in [-0.39, 0.29) is 0 Å². The molecule has 0 fully saturated rings. The van der Waals surface area contributed by atoms with Crippen LogP contribution in [-0.4, -0.2) is 18.1 Å². The first kappa shape index (κ1) is 11.9. The molecule has 4 heteroatoms. The SMILES string of the molecule is N#Cc1cccc(N2CC=C(c3cccs3)CC2)n1. The molecule has 3 nitrogen and oxygen atoms in total. The van der Waals surface area contributed by atoms with E-state index in [1.165, 1.54) is 10.5 Å². The average molecular weight is 267 g/mol. The van der Waals surface area contributed by atoms with E-state index in [1.54, 1.807) is 17.4 Å². The Balaban J connectivity index is 1.78. The Morgan fingerprint density at radius 1 is 1.26 bits per heavy atom. The normalized spacial score (nSPS) is 14.9. The van der Waals surface area contributed by atoms with Gasteiger partial charge in [-0.3, -0.25) is 0 Å². The van der Waals surface area contributed by atoms with Crippen molar-refractivity contribution in [1.82, 2.24) is 4.98 Å². The van der Waals surface area contributed by atoms with E-state index in [9.17, 15) is 0 Å². The van der Waals surface area contributed by atoms with E-state index in [4.69, 9.17) is 5.26 Å². The molecule has 0 radical (unpaired) electrons. The third kappa shape index (κ3) is 2.51. The molecule has 94 valence electrons. The predicted octanol–water partition coefficient (Wildman–Crippen LogP) is 3.31. The Bertz CT molecular complexity index is 638. The lowest BCUT2D eigenvalue weighted by molar-refractivity contribution is 0.816. The van der Waals surface area contributed by atoms with Gasteiger partial charge in [0.2, 0.25) is 0 Å². The summed E-state index contributed by atoms with van der Waals surface area (Å²) in [7, 11) is 0. The standard InChI is InChI=1S/C15H13N3S/c16-11-13-3-1-5-15(17-13)18-8-6-12(7-9-18)14-4-2-10-19-14/h1-6,10H,7-9H2. The molecule has 0 aliphatic carbocycles. The number of anilines is 1. The summed E-state index contributed by atoms with van der Waals surface area (Å²) in [5, 5.41) is 11.0. The van der Waals surface area contributed by atoms with Gasteiger partial charge in [-0.15, -0.1) is 11.3 Å². The Morgan fingerprint density at radius 3 is 2.89 bits per heavy atom. The van der Waals surface area contributed by atoms with Gasteiger partial charge < -0.3 is 4.90 Å². The van der Waals surface area contributed by atoms with Crippen LogP contribution in [0.4, 0.5) is 5.82 Å². The lowest BCUT2D eigenvalue weighted by Crippen LogP contribution is -2.28. The van der Waals surface area contributed by atoms with E-state index in [2.05, 4.69) is 39.5 Å². The van der Waals surface area contributed by atoms with Gasteiger partial charge >= 0.3 is 0 Å². The highest BCUT2D eigenvalue weighted by Crippen LogP contribution is 2.27. The summed E-state index contributed by atoms with van der Waals surface area (Å²) in [5.74, 6) is 0.889. The Kier molecular flexibility index (Phi) is 3.30. The molecular formula is C15H13N3S. The summed E-state index contributed by atoms with van der Waals surface area (Å²) in [6.07, 6.45) is 3.29. The molecule has 0 amide bonds. The second-order valence-electron chi connectivity index (χ2n) is 4.40. The number of hydrogen-bond acceptors (Lipinski definition) is 4. The van der Waals surface area contributed by atoms with Crippen LogP contribution in [0.25, 0.3) is 5.57 Å². The minimum Gasteiger partial charge on any atom is -0.353 e. The molecule has 1 aliphatic rings. The van der Waals surface area contributed by atoms with Crippen molar-refractivity contribution < 1.29 is 0 Å². The number of thiophene rings is 1. The molecule has 2 aromatic rings. The van der Waals surface area contributed by atoms with Gasteiger partial charge in [-0.2, -0.15) is 5.26 Å². The van der Waals surface area contributed by atoms with Gasteiger partial charge in [-0.1, -0.05) is 18.2 Å². The molecule has 0 saturated carbocycles. The molecule has 3 rings (SSSR count). The topological polar surface area (TPSA) is 39.9 Å². The molecule has 0 saturated heterocycles. The Labute approximate surface area is 116 Å². The van der Waals surface area contributed by atoms with E-state index in [0.717, 1.165) is 25.3 Å². The van der Waals surface area contributed by atoms with E-state index >= 15 is 0 Å². The van der Waals surface area contributed by atoms with Gasteiger partial charge in [0.1, 0.15) is 17.6 Å². The summed E-state index contributed by atoms with van der Waals surface area (Å²) in [5.41, 5.74) is 1.90. The second-order valence-corrected chi connectivity index (χ2v) is 5.34. The highest BCUT2D eigenvalue weighted by molar-refractivity contribution is 7.11. The van der Waals surface area contributed by atoms with Crippen LogP contribution >= 0.6 is 11.3 Å². The molecule has 0 aromatic carbocycles. The van der Waals surface area contributed by atoms with E-state index in [1.807, 2.05) is 12.1 Å². The van der Waals surface area contributed by atoms with E-state index in [0.29, 0.717) is 5.69 Å². The average Bonchev–Trinajstić information content (AvgIpc) is 3.02. The van der Waals surface area contributed by atoms with Crippen molar-refractivity contribution in [1.29, 1.82) is 5.26 Å². The molecule has 0 spiro atoms. The number of nitrogens with zero attached hydrogens (tertiary/aromatic N) is 3. The molecule has 0 unspecified atom stereocenters. The van der Waals surface area contributed by atoms with E-state index < -0.39 is 0 Å². The van der Waals surface area contributed by atoms with Crippen LogP contribution in [0.15, 0.2) is 41.8 Å². The third-order valence-electron chi connectivity index (χ3n) is 3.22. The number of rotatable bonds is 2. The molecule has 1 aliphatic heterocycles. The minimum absolute atomic E-state index is 0.477.